The Kier molecular flexibility index (Phi) is 3.56. The molecule has 4 aromatic rings. The molecule has 0 bridgehead atoms. The predicted molar refractivity (Wildman–Crippen MR) is 118 cm³/mol. The molecule has 29 heavy (non-hydrogen) atoms. The van der Waals surface area contributed by atoms with Crippen LogP contribution in [-0.2, 0) is 0 Å². The lowest BCUT2D eigenvalue weighted by molar-refractivity contribution is 0.669. The number of furan rings is 1. The zero-order valence-electron chi connectivity index (χ0n) is 15.6. The molecule has 6 rings (SSSR count). The lowest BCUT2D eigenvalue weighted by Gasteiger charge is -2.22. The van der Waals surface area contributed by atoms with Crippen LogP contribution in [0.1, 0.15) is 5.56 Å². The van der Waals surface area contributed by atoms with Gasteiger partial charge in [0.1, 0.15) is 11.1 Å². The van der Waals surface area contributed by atoms with Crippen molar-refractivity contribution in [1.29, 1.82) is 0 Å². The summed E-state index contributed by atoms with van der Waals surface area (Å²) >= 11 is 0. The first-order valence-electron chi connectivity index (χ1n) is 9.70. The Hall–Kier alpha value is -3.79. The fraction of sp³-hybridized carbons (Fsp3) is 0.0800. The number of hydrogen-bond donors (Lipinski definition) is 0. The van der Waals surface area contributed by atoms with Gasteiger partial charge in [-0.15, -0.1) is 0 Å². The molecule has 3 heterocycles. The molecule has 2 aromatic carbocycles. The minimum absolute atomic E-state index is 0.0756. The summed E-state index contributed by atoms with van der Waals surface area (Å²) < 4.78 is 6.16. The molecule has 1 aliphatic heterocycles. The number of aliphatic imine (C=N–C) groups is 2. The molecule has 2 aliphatic rings. The van der Waals surface area contributed by atoms with Crippen LogP contribution in [0, 0.1) is 0 Å². The van der Waals surface area contributed by atoms with Crippen LogP contribution in [0.2, 0.25) is 0 Å². The van der Waals surface area contributed by atoms with E-state index in [0.717, 1.165) is 44.5 Å². The summed E-state index contributed by atoms with van der Waals surface area (Å²) in [5, 5.41) is 1.03. The smallest absolute Gasteiger partial charge is 0.161 e. The first kappa shape index (κ1) is 16.2. The van der Waals surface area contributed by atoms with E-state index >= 15 is 0 Å². The average molecular weight is 375 g/mol. The van der Waals surface area contributed by atoms with Crippen molar-refractivity contribution < 1.29 is 4.42 Å². The van der Waals surface area contributed by atoms with Gasteiger partial charge < -0.3 is 4.42 Å². The number of rotatable bonds is 2. The molecule has 4 heteroatoms. The van der Waals surface area contributed by atoms with Gasteiger partial charge in [0.25, 0.3) is 0 Å². The number of para-hydroxylation sites is 1. The molecule has 1 aliphatic carbocycles. The van der Waals surface area contributed by atoms with E-state index in [1.807, 2.05) is 54.9 Å². The van der Waals surface area contributed by atoms with Crippen molar-refractivity contribution >= 4 is 34.0 Å². The van der Waals surface area contributed by atoms with Gasteiger partial charge >= 0.3 is 0 Å². The summed E-state index contributed by atoms with van der Waals surface area (Å²) in [5.74, 6) is 0. The van der Waals surface area contributed by atoms with Gasteiger partial charge in [0.15, 0.2) is 5.58 Å². The number of nitrogens with zero attached hydrogens (tertiary/aromatic N) is 3. The number of hydrogen-bond acceptors (Lipinski definition) is 4. The zero-order chi connectivity index (χ0) is 19.2. The second kappa shape index (κ2) is 6.38. The van der Waals surface area contributed by atoms with Crippen LogP contribution < -0.4 is 0 Å². The van der Waals surface area contributed by atoms with Gasteiger partial charge in [-0.2, -0.15) is 0 Å². The van der Waals surface area contributed by atoms with Crippen LogP contribution in [0.25, 0.3) is 33.2 Å². The third-order valence-electron chi connectivity index (χ3n) is 5.46. The summed E-state index contributed by atoms with van der Waals surface area (Å²) in [5.41, 5.74) is 6.61. The van der Waals surface area contributed by atoms with Gasteiger partial charge in [-0.05, 0) is 29.8 Å². The Bertz CT molecular complexity index is 1370. The third kappa shape index (κ3) is 2.64. The van der Waals surface area contributed by atoms with E-state index in [2.05, 4.69) is 46.4 Å². The Morgan fingerprint density at radius 2 is 1.69 bits per heavy atom. The molecule has 0 radical (unpaired) electrons. The predicted octanol–water partition coefficient (Wildman–Crippen LogP) is 5.38. The number of allylic oxidation sites excluding steroid dienone is 2. The highest BCUT2D eigenvalue weighted by Gasteiger charge is 2.21. The first-order valence-corrected chi connectivity index (χ1v) is 9.70. The monoisotopic (exact) mass is 375 g/mol. The van der Waals surface area contributed by atoms with Gasteiger partial charge in [-0.3, -0.25) is 15.0 Å². The molecular formula is C25H17N3O. The summed E-state index contributed by atoms with van der Waals surface area (Å²) in [6.07, 6.45) is 12.0. The van der Waals surface area contributed by atoms with Gasteiger partial charge in [0.05, 0.1) is 17.8 Å². The normalized spacial score (nSPS) is 20.2. The van der Waals surface area contributed by atoms with E-state index in [-0.39, 0.29) is 12.1 Å². The Balaban J connectivity index is 1.47. The molecule has 0 fully saturated rings. The zero-order valence-corrected chi connectivity index (χ0v) is 15.6. The van der Waals surface area contributed by atoms with Crippen LogP contribution in [-0.4, -0.2) is 29.0 Å². The van der Waals surface area contributed by atoms with E-state index < -0.39 is 0 Å². The van der Waals surface area contributed by atoms with Crippen molar-refractivity contribution in [3.63, 3.8) is 0 Å². The topological polar surface area (TPSA) is 50.8 Å². The van der Waals surface area contributed by atoms with Crippen LogP contribution in [0.15, 0.2) is 99.5 Å². The summed E-state index contributed by atoms with van der Waals surface area (Å²) in [4.78, 5) is 14.1. The van der Waals surface area contributed by atoms with Crippen LogP contribution in [0.3, 0.4) is 0 Å². The largest absolute Gasteiger partial charge is 0.454 e. The molecule has 0 spiro atoms. The fourth-order valence-electron chi connectivity index (χ4n) is 4.02. The highest BCUT2D eigenvalue weighted by molar-refractivity contribution is 6.38. The molecular weight excluding hydrogens is 358 g/mol. The van der Waals surface area contributed by atoms with E-state index in [1.165, 1.54) is 0 Å². The molecule has 4 nitrogen and oxygen atoms in total. The molecule has 0 saturated carbocycles. The van der Waals surface area contributed by atoms with Crippen molar-refractivity contribution in [2.75, 3.05) is 0 Å². The molecule has 2 atom stereocenters. The van der Waals surface area contributed by atoms with E-state index in [9.17, 15) is 0 Å². The Morgan fingerprint density at radius 3 is 2.66 bits per heavy atom. The fourth-order valence-corrected chi connectivity index (χ4v) is 4.02. The maximum absolute atomic E-state index is 6.16. The summed E-state index contributed by atoms with van der Waals surface area (Å²) in [6, 6.07) is 18.6. The van der Waals surface area contributed by atoms with Gasteiger partial charge in [-0.25, -0.2) is 0 Å². The van der Waals surface area contributed by atoms with E-state index in [1.54, 1.807) is 0 Å². The Labute approximate surface area is 167 Å². The Morgan fingerprint density at radius 1 is 0.828 bits per heavy atom. The number of aromatic nitrogens is 1. The second-order valence-electron chi connectivity index (χ2n) is 7.26. The van der Waals surface area contributed by atoms with Crippen molar-refractivity contribution in [2.45, 2.75) is 12.1 Å². The highest BCUT2D eigenvalue weighted by atomic mass is 16.3. The molecule has 0 amide bonds. The summed E-state index contributed by atoms with van der Waals surface area (Å²) in [7, 11) is 0. The number of fused-ring (bicyclic) bond motifs is 4. The summed E-state index contributed by atoms with van der Waals surface area (Å²) in [6.45, 7) is 0. The average Bonchev–Trinajstić information content (AvgIpc) is 3.18. The molecule has 2 unspecified atom stereocenters. The van der Waals surface area contributed by atoms with E-state index in [0.29, 0.717) is 0 Å². The van der Waals surface area contributed by atoms with Gasteiger partial charge in [-0.1, -0.05) is 54.6 Å². The lowest BCUT2D eigenvalue weighted by Crippen LogP contribution is -2.27. The molecule has 138 valence electrons. The highest BCUT2D eigenvalue weighted by Crippen LogP contribution is 2.34. The maximum atomic E-state index is 6.16. The molecule has 0 N–H and O–H groups in total. The van der Waals surface area contributed by atoms with E-state index in [4.69, 9.17) is 9.41 Å². The van der Waals surface area contributed by atoms with Crippen LogP contribution in [0.5, 0.6) is 0 Å². The minimum Gasteiger partial charge on any atom is -0.454 e. The number of pyridine rings is 1. The van der Waals surface area contributed by atoms with Crippen molar-refractivity contribution in [1.82, 2.24) is 4.98 Å². The standard InChI is InChI=1S/C25H17N3O/c1-4-11-23-19(8-1)24-25(29-23)18(12-13-26-24)16-6-5-7-17(14-16)22-15-27-20-9-2-3-10-21(20)28-22/h1-15,20-21H. The maximum Gasteiger partial charge on any atom is 0.161 e. The van der Waals surface area contributed by atoms with Gasteiger partial charge in [0, 0.05) is 28.9 Å². The molecule has 0 saturated heterocycles. The van der Waals surface area contributed by atoms with Crippen molar-refractivity contribution in [3.05, 3.63) is 90.7 Å². The van der Waals surface area contributed by atoms with Crippen molar-refractivity contribution in [2.24, 2.45) is 9.98 Å². The first-order chi connectivity index (χ1) is 14.4. The third-order valence-corrected chi connectivity index (χ3v) is 5.46. The van der Waals surface area contributed by atoms with Crippen molar-refractivity contribution in [3.8, 4) is 11.1 Å². The quantitative estimate of drug-likeness (QED) is 0.472. The second-order valence-corrected chi connectivity index (χ2v) is 7.26. The molecule has 2 aromatic heterocycles. The minimum atomic E-state index is 0.0756. The SMILES string of the molecule is C1=CC2N=CC(c3cccc(-c4ccnc5c4oc4ccccc45)c3)=NC2C=C1. The van der Waals surface area contributed by atoms with Gasteiger partial charge in [0.2, 0.25) is 0 Å². The lowest BCUT2D eigenvalue weighted by atomic mass is 9.98. The number of benzene rings is 2. The van der Waals surface area contributed by atoms with Crippen LogP contribution >= 0.6 is 0 Å². The van der Waals surface area contributed by atoms with Crippen LogP contribution in [0.4, 0.5) is 0 Å².